The van der Waals surface area contributed by atoms with E-state index in [-0.39, 0.29) is 11.3 Å². The van der Waals surface area contributed by atoms with Gasteiger partial charge < -0.3 is 10.6 Å². The third-order valence-electron chi connectivity index (χ3n) is 4.96. The van der Waals surface area contributed by atoms with Crippen LogP contribution < -0.4 is 10.6 Å². The van der Waals surface area contributed by atoms with Crippen LogP contribution in [0.1, 0.15) is 43.6 Å². The van der Waals surface area contributed by atoms with E-state index < -0.39 is 0 Å². The fourth-order valence-electron chi connectivity index (χ4n) is 3.56. The molecule has 158 valence electrons. The Hall–Kier alpha value is -3.81. The molecule has 0 fully saturated rings. The van der Waals surface area contributed by atoms with E-state index >= 15 is 0 Å². The molecule has 0 amide bonds. The van der Waals surface area contributed by atoms with Crippen molar-refractivity contribution >= 4 is 0 Å². The van der Waals surface area contributed by atoms with Gasteiger partial charge in [-0.15, -0.1) is 10.2 Å². The van der Waals surface area contributed by atoms with Crippen molar-refractivity contribution in [2.75, 3.05) is 5.84 Å². The largest absolute Gasteiger partial charge is 0.487 e. The maximum atomic E-state index is 5.87. The first-order valence-corrected chi connectivity index (χ1v) is 10.0. The van der Waals surface area contributed by atoms with Crippen LogP contribution in [0.5, 0.6) is 5.75 Å². The quantitative estimate of drug-likeness (QED) is 0.480. The van der Waals surface area contributed by atoms with Gasteiger partial charge in [0, 0.05) is 29.6 Å². The van der Waals surface area contributed by atoms with Gasteiger partial charge in [0.05, 0.1) is 5.69 Å². The average molecular weight is 416 g/mol. The van der Waals surface area contributed by atoms with Crippen LogP contribution in [0.3, 0.4) is 0 Å². The topological polar surface area (TPSA) is 105 Å². The highest BCUT2D eigenvalue weighted by Crippen LogP contribution is 2.40. The molecule has 4 rings (SSSR count). The minimum absolute atomic E-state index is 0.0382. The molecule has 3 aromatic heterocycles. The zero-order valence-corrected chi connectivity index (χ0v) is 17.8. The smallest absolute Gasteiger partial charge is 0.208 e. The zero-order valence-electron chi connectivity index (χ0n) is 17.8. The summed E-state index contributed by atoms with van der Waals surface area (Å²) < 4.78 is 5.87. The van der Waals surface area contributed by atoms with Gasteiger partial charge in [0.2, 0.25) is 5.82 Å². The second-order valence-electron chi connectivity index (χ2n) is 8.38. The van der Waals surface area contributed by atoms with Crippen LogP contribution in [-0.2, 0) is 6.61 Å². The number of hydrogen-bond donors (Lipinski definition) is 1. The fraction of sp³-hybridized carbons (Fsp3) is 0.261. The monoisotopic (exact) mass is 415 g/mol. The van der Waals surface area contributed by atoms with Crippen molar-refractivity contribution in [2.24, 2.45) is 5.41 Å². The highest BCUT2D eigenvalue weighted by molar-refractivity contribution is 5.52. The van der Waals surface area contributed by atoms with Gasteiger partial charge in [-0.25, -0.2) is 0 Å². The summed E-state index contributed by atoms with van der Waals surface area (Å²) >= 11 is 0. The summed E-state index contributed by atoms with van der Waals surface area (Å²) in [6.07, 6.45) is 3.53. The Labute approximate surface area is 181 Å². The number of nitrogens with zero attached hydrogens (tertiary/aromatic N) is 6. The van der Waals surface area contributed by atoms with Crippen LogP contribution in [0, 0.1) is 5.41 Å². The highest BCUT2D eigenvalue weighted by Gasteiger charge is 2.29. The second kappa shape index (κ2) is 8.51. The van der Waals surface area contributed by atoms with Crippen LogP contribution in [-0.4, -0.2) is 30.3 Å². The van der Waals surface area contributed by atoms with Gasteiger partial charge in [0.1, 0.15) is 12.4 Å². The van der Waals surface area contributed by atoms with Crippen LogP contribution in [0.15, 0.2) is 67.0 Å². The summed E-state index contributed by atoms with van der Waals surface area (Å²) in [5.41, 5.74) is 3.77. The number of tetrazole rings is 1. The van der Waals surface area contributed by atoms with Crippen molar-refractivity contribution in [3.63, 3.8) is 0 Å². The highest BCUT2D eigenvalue weighted by atomic mass is 16.5. The molecule has 8 nitrogen and oxygen atoms in total. The van der Waals surface area contributed by atoms with E-state index in [1.54, 1.807) is 12.4 Å². The molecule has 0 bridgehead atoms. The standard InChI is InChI=1S/C23H25N7O/c1-23(2,3)21(20-12-9-17(14-26-20)22-27-29-30(24)28-22)16-7-10-19(11-8-16)31-15-18-6-4-5-13-25-18/h4-14,21H,15,24H2,1-3H3. The van der Waals surface area contributed by atoms with E-state index in [9.17, 15) is 0 Å². The summed E-state index contributed by atoms with van der Waals surface area (Å²) in [5.74, 6) is 6.85. The molecular weight excluding hydrogens is 390 g/mol. The molecule has 0 spiro atoms. The Morgan fingerprint density at radius 1 is 1.00 bits per heavy atom. The van der Waals surface area contributed by atoms with E-state index in [1.807, 2.05) is 42.5 Å². The summed E-state index contributed by atoms with van der Waals surface area (Å²) in [4.78, 5) is 9.94. The molecule has 0 saturated carbocycles. The predicted octanol–water partition coefficient (Wildman–Crippen LogP) is 3.60. The average Bonchev–Trinajstić information content (AvgIpc) is 3.20. The van der Waals surface area contributed by atoms with E-state index in [4.69, 9.17) is 15.6 Å². The van der Waals surface area contributed by atoms with E-state index in [0.717, 1.165) is 27.6 Å². The van der Waals surface area contributed by atoms with Crippen molar-refractivity contribution < 1.29 is 4.74 Å². The summed E-state index contributed by atoms with van der Waals surface area (Å²) in [5, 5.41) is 11.6. The lowest BCUT2D eigenvalue weighted by molar-refractivity contribution is 0.300. The molecule has 8 heteroatoms. The van der Waals surface area contributed by atoms with E-state index in [1.165, 1.54) is 5.56 Å². The molecule has 4 aromatic rings. The van der Waals surface area contributed by atoms with Gasteiger partial charge in [-0.1, -0.05) is 43.9 Å². The van der Waals surface area contributed by atoms with Crippen LogP contribution in [0.2, 0.25) is 0 Å². The Bertz CT molecular complexity index is 1120. The number of aromatic nitrogens is 6. The molecule has 1 unspecified atom stereocenters. The van der Waals surface area contributed by atoms with Crippen LogP contribution in [0.4, 0.5) is 0 Å². The Morgan fingerprint density at radius 2 is 1.81 bits per heavy atom. The van der Waals surface area contributed by atoms with Crippen molar-refractivity contribution in [2.45, 2.75) is 33.3 Å². The number of ether oxygens (including phenoxy) is 1. The molecule has 31 heavy (non-hydrogen) atoms. The number of pyridine rings is 2. The van der Waals surface area contributed by atoms with Crippen molar-refractivity contribution in [3.05, 3.63) is 83.9 Å². The van der Waals surface area contributed by atoms with Gasteiger partial charge in [-0.05, 0) is 52.6 Å². The van der Waals surface area contributed by atoms with E-state index in [0.29, 0.717) is 12.4 Å². The first-order valence-electron chi connectivity index (χ1n) is 10.0. The van der Waals surface area contributed by atoms with E-state index in [2.05, 4.69) is 53.3 Å². The second-order valence-corrected chi connectivity index (χ2v) is 8.38. The molecule has 0 aliphatic rings. The number of nitrogens with two attached hydrogens (primary N) is 1. The van der Waals surface area contributed by atoms with Gasteiger partial charge >= 0.3 is 0 Å². The number of nitrogen functional groups attached to an aromatic ring is 1. The van der Waals surface area contributed by atoms with Gasteiger partial charge in [0.25, 0.3) is 0 Å². The minimum atomic E-state index is -0.0382. The zero-order chi connectivity index (χ0) is 21.8. The molecule has 0 aliphatic carbocycles. The SMILES string of the molecule is CC(C)(C)C(c1ccc(OCc2ccccn2)cc1)c1ccc(-c2nnn(N)n2)cn1. The third kappa shape index (κ3) is 4.85. The van der Waals surface area contributed by atoms with Crippen molar-refractivity contribution in [1.29, 1.82) is 0 Å². The normalized spacial score (nSPS) is 12.5. The molecule has 0 radical (unpaired) electrons. The maximum Gasteiger partial charge on any atom is 0.208 e. The van der Waals surface area contributed by atoms with Crippen molar-refractivity contribution in [1.82, 2.24) is 30.3 Å². The van der Waals surface area contributed by atoms with Gasteiger partial charge in [0.15, 0.2) is 0 Å². The number of rotatable bonds is 6. The lowest BCUT2D eigenvalue weighted by atomic mass is 9.74. The Morgan fingerprint density at radius 3 is 2.39 bits per heavy atom. The molecule has 1 atom stereocenters. The molecule has 3 heterocycles. The lowest BCUT2D eigenvalue weighted by Crippen LogP contribution is -2.20. The molecule has 2 N–H and O–H groups in total. The fourth-order valence-corrected chi connectivity index (χ4v) is 3.56. The van der Waals surface area contributed by atoms with Gasteiger partial charge in [-0.2, -0.15) is 0 Å². The number of hydrogen-bond acceptors (Lipinski definition) is 7. The molecular formula is C23H25N7O. The van der Waals surface area contributed by atoms with Crippen LogP contribution >= 0.6 is 0 Å². The third-order valence-corrected chi connectivity index (χ3v) is 4.96. The van der Waals surface area contributed by atoms with Crippen LogP contribution in [0.25, 0.3) is 11.4 Å². The first kappa shape index (κ1) is 20.5. The maximum absolute atomic E-state index is 5.87. The summed E-state index contributed by atoms with van der Waals surface area (Å²) in [6.45, 7) is 7.06. The lowest BCUT2D eigenvalue weighted by Gasteiger charge is -2.31. The predicted molar refractivity (Wildman–Crippen MR) is 118 cm³/mol. The molecule has 0 aliphatic heterocycles. The van der Waals surface area contributed by atoms with Gasteiger partial charge in [-0.3, -0.25) is 9.97 Å². The Kier molecular flexibility index (Phi) is 5.62. The first-order chi connectivity index (χ1) is 14.9. The Balaban J connectivity index is 1.54. The number of benzene rings is 1. The van der Waals surface area contributed by atoms with Crippen molar-refractivity contribution in [3.8, 4) is 17.1 Å². The molecule has 0 saturated heterocycles. The summed E-state index contributed by atoms with van der Waals surface area (Å²) in [6, 6.07) is 17.9. The molecule has 1 aromatic carbocycles. The summed E-state index contributed by atoms with van der Waals surface area (Å²) in [7, 11) is 0. The minimum Gasteiger partial charge on any atom is -0.487 e.